The first kappa shape index (κ1) is 12.8. The number of nitrogens with zero attached hydrogens (tertiary/aromatic N) is 1. The van der Waals surface area contributed by atoms with Crippen LogP contribution < -0.4 is 10.5 Å². The standard InChI is InChI=1S/C10H12N2O5/c1-3-17-10(13)6-4-8(12(14)15)7(11)5-9(6)16-2/h4-5H,3,11H2,1-2H3. The maximum absolute atomic E-state index is 11.5. The molecule has 2 N–H and O–H groups in total. The number of ether oxygens (including phenoxy) is 2. The lowest BCUT2D eigenvalue weighted by Gasteiger charge is -2.08. The van der Waals surface area contributed by atoms with Gasteiger partial charge in [-0.2, -0.15) is 0 Å². The third-order valence-corrected chi connectivity index (χ3v) is 2.04. The predicted octanol–water partition coefficient (Wildman–Crippen LogP) is 1.36. The first-order valence-corrected chi connectivity index (χ1v) is 4.80. The summed E-state index contributed by atoms with van der Waals surface area (Å²) in [5.74, 6) is -0.543. The molecule has 17 heavy (non-hydrogen) atoms. The summed E-state index contributed by atoms with van der Waals surface area (Å²) in [4.78, 5) is 21.6. The topological polar surface area (TPSA) is 105 Å². The Hall–Kier alpha value is -2.31. The Bertz CT molecular complexity index is 458. The molecule has 1 aromatic rings. The number of carbonyl (C=O) groups is 1. The first-order chi connectivity index (χ1) is 8.01. The fraction of sp³-hybridized carbons (Fsp3) is 0.300. The summed E-state index contributed by atoms with van der Waals surface area (Å²) >= 11 is 0. The number of nitro groups is 1. The van der Waals surface area contributed by atoms with Crippen molar-refractivity contribution < 1.29 is 19.2 Å². The Morgan fingerprint density at radius 3 is 2.65 bits per heavy atom. The van der Waals surface area contributed by atoms with Crippen molar-refractivity contribution in [2.45, 2.75) is 6.92 Å². The van der Waals surface area contributed by atoms with E-state index in [0.29, 0.717) is 0 Å². The molecule has 0 heterocycles. The van der Waals surface area contributed by atoms with Crippen molar-refractivity contribution in [2.75, 3.05) is 19.5 Å². The smallest absolute Gasteiger partial charge is 0.342 e. The third kappa shape index (κ3) is 2.63. The van der Waals surface area contributed by atoms with E-state index in [0.717, 1.165) is 6.07 Å². The van der Waals surface area contributed by atoms with Gasteiger partial charge in [0.05, 0.1) is 18.6 Å². The lowest BCUT2D eigenvalue weighted by Crippen LogP contribution is -2.08. The molecule has 7 heteroatoms. The molecule has 1 aromatic carbocycles. The van der Waals surface area contributed by atoms with Crippen molar-refractivity contribution in [2.24, 2.45) is 0 Å². The monoisotopic (exact) mass is 240 g/mol. The number of esters is 1. The third-order valence-electron chi connectivity index (χ3n) is 2.04. The van der Waals surface area contributed by atoms with Crippen LogP contribution in [0.25, 0.3) is 0 Å². The van der Waals surface area contributed by atoms with Gasteiger partial charge in [0, 0.05) is 12.1 Å². The van der Waals surface area contributed by atoms with Gasteiger partial charge in [0.15, 0.2) is 0 Å². The van der Waals surface area contributed by atoms with Gasteiger partial charge in [0.25, 0.3) is 5.69 Å². The summed E-state index contributed by atoms with van der Waals surface area (Å²) in [6, 6.07) is 2.27. The highest BCUT2D eigenvalue weighted by Gasteiger charge is 2.21. The highest BCUT2D eigenvalue weighted by molar-refractivity contribution is 5.94. The quantitative estimate of drug-likeness (QED) is 0.368. The van der Waals surface area contributed by atoms with Crippen LogP contribution in [-0.2, 0) is 4.74 Å². The molecule has 0 saturated carbocycles. The van der Waals surface area contributed by atoms with E-state index < -0.39 is 10.9 Å². The minimum absolute atomic E-state index is 0.0183. The Labute approximate surface area is 97.3 Å². The number of benzene rings is 1. The molecule has 0 spiro atoms. The molecule has 0 aromatic heterocycles. The number of nitrogens with two attached hydrogens (primary N) is 1. The zero-order valence-corrected chi connectivity index (χ0v) is 9.43. The molecule has 0 aliphatic heterocycles. The molecular formula is C10H12N2O5. The number of anilines is 1. The fourth-order valence-corrected chi connectivity index (χ4v) is 1.28. The summed E-state index contributed by atoms with van der Waals surface area (Å²) in [6.07, 6.45) is 0. The summed E-state index contributed by atoms with van der Waals surface area (Å²) in [7, 11) is 1.34. The van der Waals surface area contributed by atoms with E-state index in [9.17, 15) is 14.9 Å². The highest BCUT2D eigenvalue weighted by Crippen LogP contribution is 2.30. The number of nitrogen functional groups attached to an aromatic ring is 1. The minimum atomic E-state index is -0.688. The molecule has 0 aliphatic rings. The van der Waals surface area contributed by atoms with Crippen LogP contribution in [0.5, 0.6) is 5.75 Å². The van der Waals surface area contributed by atoms with Gasteiger partial charge < -0.3 is 15.2 Å². The van der Waals surface area contributed by atoms with Gasteiger partial charge in [-0.25, -0.2) is 4.79 Å². The van der Waals surface area contributed by atoms with Crippen LogP contribution in [0.2, 0.25) is 0 Å². The van der Waals surface area contributed by atoms with E-state index in [2.05, 4.69) is 0 Å². The van der Waals surface area contributed by atoms with Gasteiger partial charge in [0.1, 0.15) is 17.0 Å². The van der Waals surface area contributed by atoms with E-state index in [4.69, 9.17) is 15.2 Å². The molecule has 0 radical (unpaired) electrons. The van der Waals surface area contributed by atoms with Gasteiger partial charge in [-0.05, 0) is 6.92 Å². The predicted molar refractivity (Wildman–Crippen MR) is 60.0 cm³/mol. The van der Waals surface area contributed by atoms with Gasteiger partial charge in [-0.1, -0.05) is 0 Å². The Morgan fingerprint density at radius 1 is 1.53 bits per heavy atom. The van der Waals surface area contributed by atoms with E-state index in [1.165, 1.54) is 13.2 Å². The number of rotatable bonds is 4. The SMILES string of the molecule is CCOC(=O)c1cc([N+](=O)[O-])c(N)cc1OC. The minimum Gasteiger partial charge on any atom is -0.496 e. The molecule has 0 bridgehead atoms. The van der Waals surface area contributed by atoms with Crippen LogP contribution in [0.4, 0.5) is 11.4 Å². The van der Waals surface area contributed by atoms with Crippen LogP contribution in [0.15, 0.2) is 12.1 Å². The molecule has 7 nitrogen and oxygen atoms in total. The largest absolute Gasteiger partial charge is 0.496 e. The van der Waals surface area contributed by atoms with Gasteiger partial charge >= 0.3 is 5.97 Å². The van der Waals surface area contributed by atoms with E-state index >= 15 is 0 Å². The van der Waals surface area contributed by atoms with Crippen LogP contribution in [0.1, 0.15) is 17.3 Å². The number of hydrogen-bond acceptors (Lipinski definition) is 6. The normalized spacial score (nSPS) is 9.76. The van der Waals surface area contributed by atoms with Gasteiger partial charge in [-0.3, -0.25) is 10.1 Å². The molecule has 0 aliphatic carbocycles. The average molecular weight is 240 g/mol. The van der Waals surface area contributed by atoms with Crippen molar-refractivity contribution >= 4 is 17.3 Å². The van der Waals surface area contributed by atoms with Crippen LogP contribution >= 0.6 is 0 Å². The van der Waals surface area contributed by atoms with Crippen molar-refractivity contribution in [3.05, 3.63) is 27.8 Å². The molecule has 92 valence electrons. The van der Waals surface area contributed by atoms with E-state index in [1.54, 1.807) is 6.92 Å². The maximum Gasteiger partial charge on any atom is 0.342 e. The zero-order chi connectivity index (χ0) is 13.0. The summed E-state index contributed by atoms with van der Waals surface area (Å²) in [5.41, 5.74) is 5.03. The van der Waals surface area contributed by atoms with Crippen LogP contribution in [0, 0.1) is 10.1 Å². The molecule has 0 fully saturated rings. The van der Waals surface area contributed by atoms with Crippen LogP contribution in [0.3, 0.4) is 0 Å². The van der Waals surface area contributed by atoms with Crippen LogP contribution in [-0.4, -0.2) is 24.6 Å². The second kappa shape index (κ2) is 5.15. The Balaban J connectivity index is 3.31. The second-order valence-electron chi connectivity index (χ2n) is 3.09. The first-order valence-electron chi connectivity index (χ1n) is 4.80. The molecular weight excluding hydrogens is 228 g/mol. The number of methoxy groups -OCH3 is 1. The molecule has 0 unspecified atom stereocenters. The van der Waals surface area contributed by atoms with Crippen molar-refractivity contribution in [1.29, 1.82) is 0 Å². The molecule has 0 amide bonds. The van der Waals surface area contributed by atoms with E-state index in [-0.39, 0.29) is 29.3 Å². The fourth-order valence-electron chi connectivity index (χ4n) is 1.28. The summed E-state index contributed by atoms with van der Waals surface area (Å²) in [5, 5.41) is 10.7. The second-order valence-corrected chi connectivity index (χ2v) is 3.09. The lowest BCUT2D eigenvalue weighted by molar-refractivity contribution is -0.383. The van der Waals surface area contributed by atoms with Crippen molar-refractivity contribution in [3.8, 4) is 5.75 Å². The molecule has 1 rings (SSSR count). The van der Waals surface area contributed by atoms with E-state index in [1.807, 2.05) is 0 Å². The summed E-state index contributed by atoms with van der Waals surface area (Å²) < 4.78 is 9.69. The average Bonchev–Trinajstić information content (AvgIpc) is 2.28. The molecule has 0 atom stereocenters. The number of nitro benzene ring substituents is 1. The highest BCUT2D eigenvalue weighted by atomic mass is 16.6. The maximum atomic E-state index is 11.5. The van der Waals surface area contributed by atoms with Gasteiger partial charge in [-0.15, -0.1) is 0 Å². The van der Waals surface area contributed by atoms with Gasteiger partial charge in [0.2, 0.25) is 0 Å². The van der Waals surface area contributed by atoms with Crippen molar-refractivity contribution in [3.63, 3.8) is 0 Å². The zero-order valence-electron chi connectivity index (χ0n) is 9.43. The number of carbonyl (C=O) groups excluding carboxylic acids is 1. The molecule has 0 saturated heterocycles. The van der Waals surface area contributed by atoms with Crippen molar-refractivity contribution in [1.82, 2.24) is 0 Å². The lowest BCUT2D eigenvalue weighted by atomic mass is 10.1. The number of hydrogen-bond donors (Lipinski definition) is 1. The summed E-state index contributed by atoms with van der Waals surface area (Å²) in [6.45, 7) is 1.80. The Kier molecular flexibility index (Phi) is 3.86. The Morgan fingerprint density at radius 2 is 2.18 bits per heavy atom.